The number of likely N-dealkylation sites (tertiary alicyclic amines) is 1. The average Bonchev–Trinajstić information content (AvgIpc) is 2.42. The molecule has 0 spiro atoms. The Hall–Kier alpha value is -1.39. The van der Waals surface area contributed by atoms with Gasteiger partial charge in [0.2, 0.25) is 5.91 Å². The molecule has 122 valence electrons. The fourth-order valence-corrected chi connectivity index (χ4v) is 3.33. The largest absolute Gasteiger partial charge is 0.355 e. The van der Waals surface area contributed by atoms with Gasteiger partial charge in [-0.2, -0.15) is 0 Å². The molecule has 1 aliphatic heterocycles. The molecule has 1 amide bonds. The fraction of sp³-hybridized carbons (Fsp3) is 0.611. The molecule has 1 fully saturated rings. The van der Waals surface area contributed by atoms with E-state index in [4.69, 9.17) is 5.73 Å². The molecule has 1 saturated heterocycles. The van der Waals surface area contributed by atoms with Crippen LogP contribution in [0.25, 0.3) is 0 Å². The predicted molar refractivity (Wildman–Crippen MR) is 90.8 cm³/mol. The van der Waals surface area contributed by atoms with E-state index in [0.717, 1.165) is 32.5 Å². The van der Waals surface area contributed by atoms with E-state index in [1.165, 1.54) is 16.7 Å². The summed E-state index contributed by atoms with van der Waals surface area (Å²) in [5, 5.41) is 2.86. The molecule has 1 heterocycles. The lowest BCUT2D eigenvalue weighted by Gasteiger charge is -2.36. The Morgan fingerprint density at radius 1 is 1.32 bits per heavy atom. The number of nitrogens with two attached hydrogens (primary N) is 1. The Balaban J connectivity index is 1.89. The third-order valence-corrected chi connectivity index (χ3v) is 4.54. The van der Waals surface area contributed by atoms with Crippen molar-refractivity contribution in [3.05, 3.63) is 34.9 Å². The minimum Gasteiger partial charge on any atom is -0.355 e. The van der Waals surface area contributed by atoms with Gasteiger partial charge in [0.15, 0.2) is 0 Å². The van der Waals surface area contributed by atoms with Gasteiger partial charge in [-0.05, 0) is 49.3 Å². The summed E-state index contributed by atoms with van der Waals surface area (Å²) in [5.41, 5.74) is 10.3. The summed E-state index contributed by atoms with van der Waals surface area (Å²) < 4.78 is 0. The van der Waals surface area contributed by atoms with Crippen molar-refractivity contribution < 1.29 is 4.79 Å². The monoisotopic (exact) mass is 303 g/mol. The number of aryl methyl sites for hydroxylation is 2. The topological polar surface area (TPSA) is 58.4 Å². The van der Waals surface area contributed by atoms with E-state index >= 15 is 0 Å². The van der Waals surface area contributed by atoms with Crippen LogP contribution in [0.15, 0.2) is 18.2 Å². The standard InChI is InChI=1S/C18H29N3O/c1-13-4-5-16(8-14(13)2)9-17-10-18(19)12-21(11-17)7-6-20-15(3)22/h4-5,8,17-18H,6-7,9-12,19H2,1-3H3,(H,20,22). The lowest BCUT2D eigenvalue weighted by atomic mass is 9.88. The maximum absolute atomic E-state index is 11.0. The number of benzene rings is 1. The highest BCUT2D eigenvalue weighted by Gasteiger charge is 2.25. The molecular weight excluding hydrogens is 274 g/mol. The zero-order valence-electron chi connectivity index (χ0n) is 14.1. The number of carbonyl (C=O) groups is 1. The molecule has 0 aromatic heterocycles. The molecule has 1 aromatic carbocycles. The maximum Gasteiger partial charge on any atom is 0.216 e. The van der Waals surface area contributed by atoms with E-state index in [2.05, 4.69) is 42.3 Å². The zero-order chi connectivity index (χ0) is 16.1. The number of hydrogen-bond donors (Lipinski definition) is 2. The van der Waals surface area contributed by atoms with Gasteiger partial charge < -0.3 is 11.1 Å². The van der Waals surface area contributed by atoms with Crippen LogP contribution in [0.1, 0.15) is 30.0 Å². The minimum atomic E-state index is 0.0352. The van der Waals surface area contributed by atoms with Gasteiger partial charge in [-0.25, -0.2) is 0 Å². The number of amides is 1. The van der Waals surface area contributed by atoms with Crippen molar-refractivity contribution in [1.29, 1.82) is 0 Å². The number of hydrogen-bond acceptors (Lipinski definition) is 3. The molecule has 4 heteroatoms. The minimum absolute atomic E-state index is 0.0352. The van der Waals surface area contributed by atoms with Crippen molar-refractivity contribution in [2.75, 3.05) is 26.2 Å². The van der Waals surface area contributed by atoms with Crippen LogP contribution in [0.4, 0.5) is 0 Å². The molecule has 2 unspecified atom stereocenters. The summed E-state index contributed by atoms with van der Waals surface area (Å²) in [5.74, 6) is 0.635. The number of piperidine rings is 1. The molecular formula is C18H29N3O. The lowest BCUT2D eigenvalue weighted by Crippen LogP contribution is -2.49. The molecule has 0 saturated carbocycles. The van der Waals surface area contributed by atoms with Crippen LogP contribution in [0.3, 0.4) is 0 Å². The molecule has 4 nitrogen and oxygen atoms in total. The van der Waals surface area contributed by atoms with Gasteiger partial charge in [-0.15, -0.1) is 0 Å². The third kappa shape index (κ3) is 5.11. The van der Waals surface area contributed by atoms with Gasteiger partial charge >= 0.3 is 0 Å². The highest BCUT2D eigenvalue weighted by atomic mass is 16.1. The molecule has 0 aliphatic carbocycles. The van der Waals surface area contributed by atoms with Crippen LogP contribution in [0, 0.1) is 19.8 Å². The Morgan fingerprint density at radius 3 is 2.77 bits per heavy atom. The second-order valence-corrected chi connectivity index (χ2v) is 6.73. The first-order valence-electron chi connectivity index (χ1n) is 8.22. The number of nitrogens with zero attached hydrogens (tertiary/aromatic N) is 1. The second kappa shape index (κ2) is 7.75. The Labute approximate surface area is 134 Å². The van der Waals surface area contributed by atoms with Crippen molar-refractivity contribution in [3.63, 3.8) is 0 Å². The Bertz CT molecular complexity index is 515. The van der Waals surface area contributed by atoms with E-state index in [-0.39, 0.29) is 11.9 Å². The summed E-state index contributed by atoms with van der Waals surface area (Å²) in [6, 6.07) is 6.99. The molecule has 22 heavy (non-hydrogen) atoms. The number of rotatable bonds is 5. The van der Waals surface area contributed by atoms with Crippen LogP contribution >= 0.6 is 0 Å². The number of nitrogens with one attached hydrogen (secondary N) is 1. The van der Waals surface area contributed by atoms with E-state index in [1.807, 2.05) is 0 Å². The van der Waals surface area contributed by atoms with Crippen molar-refractivity contribution in [3.8, 4) is 0 Å². The SMILES string of the molecule is CC(=O)NCCN1CC(N)CC(Cc2ccc(C)c(C)c2)C1. The van der Waals surface area contributed by atoms with Gasteiger partial charge in [0, 0.05) is 39.1 Å². The molecule has 3 N–H and O–H groups in total. The van der Waals surface area contributed by atoms with Gasteiger partial charge in [0.1, 0.15) is 0 Å². The van der Waals surface area contributed by atoms with E-state index < -0.39 is 0 Å². The lowest BCUT2D eigenvalue weighted by molar-refractivity contribution is -0.119. The molecule has 0 bridgehead atoms. The first-order valence-corrected chi connectivity index (χ1v) is 8.22. The van der Waals surface area contributed by atoms with Crippen molar-refractivity contribution in [1.82, 2.24) is 10.2 Å². The Kier molecular flexibility index (Phi) is 5.98. The maximum atomic E-state index is 11.0. The van der Waals surface area contributed by atoms with Crippen LogP contribution in [0.5, 0.6) is 0 Å². The third-order valence-electron chi connectivity index (χ3n) is 4.54. The highest BCUT2D eigenvalue weighted by Crippen LogP contribution is 2.21. The summed E-state index contributed by atoms with van der Waals surface area (Å²) in [6.07, 6.45) is 2.18. The van der Waals surface area contributed by atoms with Crippen molar-refractivity contribution >= 4 is 5.91 Å². The van der Waals surface area contributed by atoms with Crippen molar-refractivity contribution in [2.45, 2.75) is 39.7 Å². The molecule has 2 rings (SSSR count). The first kappa shape index (κ1) is 17.0. The van der Waals surface area contributed by atoms with Crippen LogP contribution < -0.4 is 11.1 Å². The zero-order valence-corrected chi connectivity index (χ0v) is 14.1. The summed E-state index contributed by atoms with van der Waals surface area (Å²) in [6.45, 7) is 9.48. The summed E-state index contributed by atoms with van der Waals surface area (Å²) in [7, 11) is 0. The van der Waals surface area contributed by atoms with Crippen LogP contribution in [-0.2, 0) is 11.2 Å². The predicted octanol–water partition coefficient (Wildman–Crippen LogP) is 1.63. The quantitative estimate of drug-likeness (QED) is 0.869. The molecule has 1 aromatic rings. The molecule has 2 atom stereocenters. The number of carbonyl (C=O) groups excluding carboxylic acids is 1. The van der Waals surface area contributed by atoms with Crippen LogP contribution in [0.2, 0.25) is 0 Å². The Morgan fingerprint density at radius 2 is 2.09 bits per heavy atom. The average molecular weight is 303 g/mol. The van der Waals surface area contributed by atoms with Gasteiger partial charge in [-0.3, -0.25) is 9.69 Å². The fourth-order valence-electron chi connectivity index (χ4n) is 3.33. The highest BCUT2D eigenvalue weighted by molar-refractivity contribution is 5.72. The molecule has 1 aliphatic rings. The second-order valence-electron chi connectivity index (χ2n) is 6.73. The normalized spacial score (nSPS) is 22.5. The van der Waals surface area contributed by atoms with E-state index in [1.54, 1.807) is 6.92 Å². The first-order chi connectivity index (χ1) is 10.4. The van der Waals surface area contributed by atoms with Crippen molar-refractivity contribution in [2.24, 2.45) is 11.7 Å². The summed E-state index contributed by atoms with van der Waals surface area (Å²) in [4.78, 5) is 13.3. The van der Waals surface area contributed by atoms with E-state index in [9.17, 15) is 4.79 Å². The van der Waals surface area contributed by atoms with Gasteiger partial charge in [0.05, 0.1) is 0 Å². The summed E-state index contributed by atoms with van der Waals surface area (Å²) >= 11 is 0. The molecule has 0 radical (unpaired) electrons. The van der Waals surface area contributed by atoms with E-state index in [0.29, 0.717) is 12.5 Å². The van der Waals surface area contributed by atoms with Gasteiger partial charge in [-0.1, -0.05) is 18.2 Å². The smallest absolute Gasteiger partial charge is 0.216 e. The van der Waals surface area contributed by atoms with Gasteiger partial charge in [0.25, 0.3) is 0 Å². The van der Waals surface area contributed by atoms with Crippen LogP contribution in [-0.4, -0.2) is 43.0 Å².